The maximum Gasteiger partial charge on any atom is 0.320 e. The zero-order valence-electron chi connectivity index (χ0n) is 10.7. The molecule has 1 N–H and O–H groups in total. The van der Waals surface area contributed by atoms with E-state index >= 15 is 0 Å². The van der Waals surface area contributed by atoms with Gasteiger partial charge in [0.15, 0.2) is 0 Å². The van der Waals surface area contributed by atoms with E-state index in [4.69, 9.17) is 11.2 Å². The van der Waals surface area contributed by atoms with Crippen molar-refractivity contribution >= 4 is 11.9 Å². The van der Waals surface area contributed by atoms with Crippen LogP contribution >= 0.6 is 0 Å². The quantitative estimate of drug-likeness (QED) is 0.503. The minimum atomic E-state index is -0.328. The Labute approximate surface area is 102 Å². The number of hydrogen-bond acceptors (Lipinski definition) is 4. The molecular formula is C12H20N2O3. The molecule has 0 saturated carbocycles. The molecule has 0 radical (unpaired) electrons. The first-order valence-corrected chi connectivity index (χ1v) is 5.61. The standard InChI is InChI=1S/C12H20N2O3/c1-5-7-13-11(15)8-14(10(3)4)9-12(16)17-6-2/h1,10H,6-9H2,2-4H3,(H,13,15). The molecule has 0 aliphatic heterocycles. The number of terminal acetylenes is 1. The minimum absolute atomic E-state index is 0.0796. The average Bonchev–Trinajstić information content (AvgIpc) is 2.25. The van der Waals surface area contributed by atoms with Crippen molar-refractivity contribution in [3.8, 4) is 12.3 Å². The van der Waals surface area contributed by atoms with Gasteiger partial charge in [0.1, 0.15) is 0 Å². The molecule has 17 heavy (non-hydrogen) atoms. The monoisotopic (exact) mass is 240 g/mol. The molecule has 0 atom stereocenters. The molecule has 5 heteroatoms. The Balaban J connectivity index is 4.20. The molecule has 0 fully saturated rings. The fourth-order valence-corrected chi connectivity index (χ4v) is 1.18. The molecule has 0 rings (SSSR count). The molecular weight excluding hydrogens is 220 g/mol. The Morgan fingerprint density at radius 1 is 1.41 bits per heavy atom. The third-order valence-electron chi connectivity index (χ3n) is 2.10. The van der Waals surface area contributed by atoms with Gasteiger partial charge in [-0.3, -0.25) is 14.5 Å². The summed E-state index contributed by atoms with van der Waals surface area (Å²) in [6.07, 6.45) is 5.04. The van der Waals surface area contributed by atoms with E-state index in [0.29, 0.717) is 6.61 Å². The highest BCUT2D eigenvalue weighted by atomic mass is 16.5. The van der Waals surface area contributed by atoms with Gasteiger partial charge in [-0.25, -0.2) is 0 Å². The molecule has 96 valence electrons. The second-order valence-electron chi connectivity index (χ2n) is 3.78. The van der Waals surface area contributed by atoms with Crippen LogP contribution in [0, 0.1) is 12.3 Å². The van der Waals surface area contributed by atoms with Crippen molar-refractivity contribution in [3.05, 3.63) is 0 Å². The first kappa shape index (κ1) is 15.5. The Kier molecular flexibility index (Phi) is 7.82. The number of nitrogens with zero attached hydrogens (tertiary/aromatic N) is 1. The van der Waals surface area contributed by atoms with Gasteiger partial charge in [0, 0.05) is 6.04 Å². The van der Waals surface area contributed by atoms with Crippen molar-refractivity contribution in [1.29, 1.82) is 0 Å². The molecule has 0 saturated heterocycles. The fraction of sp³-hybridized carbons (Fsp3) is 0.667. The molecule has 0 bridgehead atoms. The van der Waals surface area contributed by atoms with Gasteiger partial charge in [0.05, 0.1) is 26.2 Å². The van der Waals surface area contributed by atoms with Crippen molar-refractivity contribution < 1.29 is 14.3 Å². The fourth-order valence-electron chi connectivity index (χ4n) is 1.18. The molecule has 0 aliphatic rings. The Morgan fingerprint density at radius 2 is 2.06 bits per heavy atom. The highest BCUT2D eigenvalue weighted by Crippen LogP contribution is 1.98. The first-order valence-electron chi connectivity index (χ1n) is 5.61. The molecule has 0 heterocycles. The molecule has 1 amide bonds. The SMILES string of the molecule is C#CCNC(=O)CN(CC(=O)OCC)C(C)C. The largest absolute Gasteiger partial charge is 0.465 e. The number of amides is 1. The van der Waals surface area contributed by atoms with E-state index in [2.05, 4.69) is 11.2 Å². The number of ether oxygens (including phenoxy) is 1. The van der Waals surface area contributed by atoms with E-state index in [9.17, 15) is 9.59 Å². The van der Waals surface area contributed by atoms with Gasteiger partial charge in [-0.15, -0.1) is 6.42 Å². The molecule has 0 spiro atoms. The van der Waals surface area contributed by atoms with E-state index in [1.54, 1.807) is 11.8 Å². The maximum atomic E-state index is 11.5. The van der Waals surface area contributed by atoms with E-state index in [-0.39, 0.29) is 37.6 Å². The van der Waals surface area contributed by atoms with Crippen molar-refractivity contribution in [1.82, 2.24) is 10.2 Å². The molecule has 0 aromatic rings. The lowest BCUT2D eigenvalue weighted by molar-refractivity contribution is -0.145. The van der Waals surface area contributed by atoms with Crippen LogP contribution in [-0.4, -0.2) is 49.1 Å². The van der Waals surface area contributed by atoms with Crippen LogP contribution in [0.4, 0.5) is 0 Å². The van der Waals surface area contributed by atoms with Gasteiger partial charge >= 0.3 is 5.97 Å². The third kappa shape index (κ3) is 7.36. The smallest absolute Gasteiger partial charge is 0.320 e. The van der Waals surface area contributed by atoms with Crippen molar-refractivity contribution in [2.75, 3.05) is 26.2 Å². The van der Waals surface area contributed by atoms with Gasteiger partial charge in [-0.05, 0) is 20.8 Å². The van der Waals surface area contributed by atoms with Crippen LogP contribution in [0.15, 0.2) is 0 Å². The molecule has 0 aromatic carbocycles. The second kappa shape index (κ2) is 8.59. The van der Waals surface area contributed by atoms with Crippen LogP contribution in [0.3, 0.4) is 0 Å². The molecule has 0 unspecified atom stereocenters. The third-order valence-corrected chi connectivity index (χ3v) is 2.10. The lowest BCUT2D eigenvalue weighted by Crippen LogP contribution is -2.43. The normalized spacial score (nSPS) is 10.1. The number of hydrogen-bond donors (Lipinski definition) is 1. The number of esters is 1. The summed E-state index contributed by atoms with van der Waals surface area (Å²) < 4.78 is 4.84. The van der Waals surface area contributed by atoms with E-state index in [0.717, 1.165) is 0 Å². The van der Waals surface area contributed by atoms with Crippen LogP contribution in [-0.2, 0) is 14.3 Å². The summed E-state index contributed by atoms with van der Waals surface area (Å²) in [5.74, 6) is 1.80. The maximum absolute atomic E-state index is 11.5. The van der Waals surface area contributed by atoms with Crippen LogP contribution in [0.5, 0.6) is 0 Å². The Morgan fingerprint density at radius 3 is 2.53 bits per heavy atom. The minimum Gasteiger partial charge on any atom is -0.465 e. The van der Waals surface area contributed by atoms with E-state index < -0.39 is 0 Å². The highest BCUT2D eigenvalue weighted by Gasteiger charge is 2.17. The summed E-state index contributed by atoms with van der Waals surface area (Å²) in [5, 5.41) is 2.55. The average molecular weight is 240 g/mol. The zero-order valence-corrected chi connectivity index (χ0v) is 10.7. The summed E-state index contributed by atoms with van der Waals surface area (Å²) in [4.78, 5) is 24.5. The van der Waals surface area contributed by atoms with Crippen molar-refractivity contribution in [2.24, 2.45) is 0 Å². The van der Waals surface area contributed by atoms with Crippen LogP contribution in [0.25, 0.3) is 0 Å². The predicted octanol–water partition coefficient (Wildman–Crippen LogP) is 0.00930. The van der Waals surface area contributed by atoms with Crippen LogP contribution in [0.2, 0.25) is 0 Å². The van der Waals surface area contributed by atoms with Gasteiger partial charge in [0.25, 0.3) is 0 Å². The number of carbonyl (C=O) groups excluding carboxylic acids is 2. The van der Waals surface area contributed by atoms with E-state index in [1.807, 2.05) is 13.8 Å². The topological polar surface area (TPSA) is 58.6 Å². The number of carbonyl (C=O) groups is 2. The number of rotatable bonds is 7. The zero-order chi connectivity index (χ0) is 13.3. The van der Waals surface area contributed by atoms with Crippen molar-refractivity contribution in [3.63, 3.8) is 0 Å². The lowest BCUT2D eigenvalue weighted by Gasteiger charge is -2.24. The van der Waals surface area contributed by atoms with Gasteiger partial charge < -0.3 is 10.1 Å². The summed E-state index contributed by atoms with van der Waals surface area (Å²) in [5.41, 5.74) is 0. The second-order valence-corrected chi connectivity index (χ2v) is 3.78. The van der Waals surface area contributed by atoms with Gasteiger partial charge in [-0.1, -0.05) is 5.92 Å². The molecule has 5 nitrogen and oxygen atoms in total. The summed E-state index contributed by atoms with van der Waals surface area (Å²) in [6, 6.07) is 0.0796. The van der Waals surface area contributed by atoms with Gasteiger partial charge in [-0.2, -0.15) is 0 Å². The van der Waals surface area contributed by atoms with Crippen LogP contribution < -0.4 is 5.32 Å². The lowest BCUT2D eigenvalue weighted by atomic mass is 10.3. The highest BCUT2D eigenvalue weighted by molar-refractivity contribution is 5.79. The number of nitrogens with one attached hydrogen (secondary N) is 1. The first-order chi connectivity index (χ1) is 8.01. The van der Waals surface area contributed by atoms with Crippen molar-refractivity contribution in [2.45, 2.75) is 26.8 Å². The van der Waals surface area contributed by atoms with Crippen LogP contribution in [0.1, 0.15) is 20.8 Å². The summed E-state index contributed by atoms with van der Waals surface area (Å²) in [7, 11) is 0. The molecule has 0 aliphatic carbocycles. The summed E-state index contributed by atoms with van der Waals surface area (Å²) in [6.45, 7) is 6.35. The summed E-state index contributed by atoms with van der Waals surface area (Å²) >= 11 is 0. The Bertz CT molecular complexity index is 295. The predicted molar refractivity (Wildman–Crippen MR) is 65.2 cm³/mol. The Hall–Kier alpha value is -1.54. The molecule has 0 aromatic heterocycles. The van der Waals surface area contributed by atoms with E-state index in [1.165, 1.54) is 0 Å². The van der Waals surface area contributed by atoms with Gasteiger partial charge in [0.2, 0.25) is 5.91 Å².